The molecule has 0 aliphatic heterocycles. The van der Waals surface area contributed by atoms with E-state index in [0.29, 0.717) is 17.1 Å². The number of benzene rings is 4. The van der Waals surface area contributed by atoms with Crippen LogP contribution in [0.3, 0.4) is 0 Å². The van der Waals surface area contributed by atoms with Gasteiger partial charge in [-0.15, -0.1) is 0 Å². The van der Waals surface area contributed by atoms with Gasteiger partial charge in [-0.2, -0.15) is 0 Å². The molecule has 0 unspecified atom stereocenters. The third-order valence-electron chi connectivity index (χ3n) is 6.40. The number of nitrogen functional groups attached to an aromatic ring is 3. The maximum Gasteiger partial charge on any atom is 0.0787 e. The van der Waals surface area contributed by atoms with E-state index >= 15 is 0 Å². The lowest BCUT2D eigenvalue weighted by atomic mass is 9.70. The van der Waals surface area contributed by atoms with Crippen LogP contribution in [-0.4, -0.2) is 0 Å². The van der Waals surface area contributed by atoms with Gasteiger partial charge in [-0.1, -0.05) is 72.8 Å². The van der Waals surface area contributed by atoms with Crippen molar-refractivity contribution in [1.82, 2.24) is 0 Å². The Morgan fingerprint density at radius 3 is 1.54 bits per heavy atom. The molecule has 2 aliphatic carbocycles. The van der Waals surface area contributed by atoms with Crippen molar-refractivity contribution in [3.63, 3.8) is 0 Å². The van der Waals surface area contributed by atoms with Crippen LogP contribution in [0.2, 0.25) is 0 Å². The van der Waals surface area contributed by atoms with Crippen molar-refractivity contribution in [3.8, 4) is 22.3 Å². The molecule has 0 fully saturated rings. The second-order valence-corrected chi connectivity index (χ2v) is 7.60. The molecule has 2 aliphatic rings. The SMILES string of the molecule is Nc1cc2c(c(N)c1N)-c1ccccc1C21c2ccccc2-c2ccccc21. The molecule has 4 aromatic carbocycles. The molecule has 0 heterocycles. The summed E-state index contributed by atoms with van der Waals surface area (Å²) < 4.78 is 0. The Hall–Kier alpha value is -3.72. The largest absolute Gasteiger partial charge is 0.397 e. The summed E-state index contributed by atoms with van der Waals surface area (Å²) >= 11 is 0. The number of nitrogens with two attached hydrogens (primary N) is 3. The van der Waals surface area contributed by atoms with E-state index in [4.69, 9.17) is 17.2 Å². The number of rotatable bonds is 0. The van der Waals surface area contributed by atoms with E-state index in [1.54, 1.807) is 0 Å². The molecule has 0 radical (unpaired) electrons. The van der Waals surface area contributed by atoms with Crippen LogP contribution in [0.4, 0.5) is 17.1 Å². The van der Waals surface area contributed by atoms with Crippen LogP contribution in [-0.2, 0) is 5.41 Å². The zero-order valence-corrected chi connectivity index (χ0v) is 15.2. The number of hydrogen-bond acceptors (Lipinski definition) is 3. The smallest absolute Gasteiger partial charge is 0.0787 e. The van der Waals surface area contributed by atoms with Crippen LogP contribution in [0.5, 0.6) is 0 Å². The molecule has 4 aromatic rings. The standard InChI is InChI=1S/C25H19N3/c26-21-13-20-22(24(28)23(21)27)16-9-3-6-12-19(16)25(20)17-10-4-1-7-14(17)15-8-2-5-11-18(15)25/h1-13H,26-28H2. The van der Waals surface area contributed by atoms with Gasteiger partial charge in [0.2, 0.25) is 0 Å². The van der Waals surface area contributed by atoms with Crippen molar-refractivity contribution < 1.29 is 0 Å². The minimum atomic E-state index is -0.422. The van der Waals surface area contributed by atoms with Crippen molar-refractivity contribution in [2.24, 2.45) is 0 Å². The average molecular weight is 361 g/mol. The molecule has 134 valence electrons. The highest BCUT2D eigenvalue weighted by atomic mass is 14.8. The maximum atomic E-state index is 6.54. The van der Waals surface area contributed by atoms with Gasteiger partial charge < -0.3 is 17.2 Å². The van der Waals surface area contributed by atoms with Crippen molar-refractivity contribution in [3.05, 3.63) is 101 Å². The van der Waals surface area contributed by atoms with Gasteiger partial charge in [0.1, 0.15) is 0 Å². The highest BCUT2D eigenvalue weighted by Gasteiger charge is 2.52. The van der Waals surface area contributed by atoms with Crippen LogP contribution in [0.1, 0.15) is 22.3 Å². The minimum absolute atomic E-state index is 0.422. The summed E-state index contributed by atoms with van der Waals surface area (Å²) in [5.41, 5.74) is 29.8. The fraction of sp³-hybridized carbons (Fsp3) is 0.0400. The Morgan fingerprint density at radius 1 is 0.500 bits per heavy atom. The van der Waals surface area contributed by atoms with Gasteiger partial charge in [0.05, 0.1) is 22.5 Å². The molecular formula is C25H19N3. The van der Waals surface area contributed by atoms with Crippen LogP contribution in [0.15, 0.2) is 78.9 Å². The van der Waals surface area contributed by atoms with E-state index in [-0.39, 0.29) is 0 Å². The van der Waals surface area contributed by atoms with Gasteiger partial charge in [0.25, 0.3) is 0 Å². The first-order valence-corrected chi connectivity index (χ1v) is 9.43. The second kappa shape index (κ2) is 4.96. The molecule has 0 aromatic heterocycles. The van der Waals surface area contributed by atoms with E-state index in [9.17, 15) is 0 Å². The first kappa shape index (κ1) is 15.3. The molecule has 0 atom stereocenters. The van der Waals surface area contributed by atoms with Crippen LogP contribution in [0, 0.1) is 0 Å². The maximum absolute atomic E-state index is 6.54. The molecule has 0 amide bonds. The minimum Gasteiger partial charge on any atom is -0.397 e. The van der Waals surface area contributed by atoms with Crippen molar-refractivity contribution >= 4 is 17.1 Å². The average Bonchev–Trinajstić information content (AvgIpc) is 3.19. The lowest BCUT2D eigenvalue weighted by Crippen LogP contribution is -2.26. The fourth-order valence-electron chi connectivity index (χ4n) is 5.32. The zero-order chi connectivity index (χ0) is 19.0. The fourth-order valence-corrected chi connectivity index (χ4v) is 5.32. The zero-order valence-electron chi connectivity index (χ0n) is 15.2. The summed E-state index contributed by atoms with van der Waals surface area (Å²) in [7, 11) is 0. The Kier molecular flexibility index (Phi) is 2.72. The molecule has 0 saturated heterocycles. The topological polar surface area (TPSA) is 78.1 Å². The third kappa shape index (κ3) is 1.53. The Morgan fingerprint density at radius 2 is 0.964 bits per heavy atom. The molecule has 3 nitrogen and oxygen atoms in total. The van der Waals surface area contributed by atoms with E-state index in [1.807, 2.05) is 6.07 Å². The molecule has 0 saturated carbocycles. The summed E-state index contributed by atoms with van der Waals surface area (Å²) in [6.07, 6.45) is 0. The molecule has 6 N–H and O–H groups in total. The van der Waals surface area contributed by atoms with E-state index in [2.05, 4.69) is 72.8 Å². The quantitative estimate of drug-likeness (QED) is 0.341. The van der Waals surface area contributed by atoms with E-state index in [0.717, 1.165) is 16.7 Å². The molecule has 0 bridgehead atoms. The highest BCUT2D eigenvalue weighted by molar-refractivity contribution is 6.02. The van der Waals surface area contributed by atoms with Crippen molar-refractivity contribution in [1.29, 1.82) is 0 Å². The summed E-state index contributed by atoms with van der Waals surface area (Å²) in [4.78, 5) is 0. The molecule has 3 heteroatoms. The van der Waals surface area contributed by atoms with Crippen LogP contribution >= 0.6 is 0 Å². The van der Waals surface area contributed by atoms with Gasteiger partial charge >= 0.3 is 0 Å². The predicted octanol–water partition coefficient (Wildman–Crippen LogP) is 4.78. The predicted molar refractivity (Wildman–Crippen MR) is 116 cm³/mol. The van der Waals surface area contributed by atoms with Gasteiger partial charge in [-0.3, -0.25) is 0 Å². The normalized spacial score (nSPS) is 14.4. The van der Waals surface area contributed by atoms with Crippen LogP contribution in [0.25, 0.3) is 22.3 Å². The Bertz CT molecular complexity index is 1260. The van der Waals surface area contributed by atoms with Crippen LogP contribution < -0.4 is 17.2 Å². The van der Waals surface area contributed by atoms with Crippen molar-refractivity contribution in [2.75, 3.05) is 17.2 Å². The Labute approximate surface area is 163 Å². The lowest BCUT2D eigenvalue weighted by Gasteiger charge is -2.30. The molecule has 1 spiro atoms. The van der Waals surface area contributed by atoms with Gasteiger partial charge in [0.15, 0.2) is 0 Å². The van der Waals surface area contributed by atoms with Gasteiger partial charge in [-0.05, 0) is 45.0 Å². The lowest BCUT2D eigenvalue weighted by molar-refractivity contribution is 0.794. The summed E-state index contributed by atoms with van der Waals surface area (Å²) in [6.45, 7) is 0. The number of anilines is 3. The Balaban J connectivity index is 1.89. The number of fused-ring (bicyclic) bond motifs is 10. The molecule has 28 heavy (non-hydrogen) atoms. The first-order valence-electron chi connectivity index (χ1n) is 9.43. The third-order valence-corrected chi connectivity index (χ3v) is 6.40. The van der Waals surface area contributed by atoms with Gasteiger partial charge in [0, 0.05) is 5.56 Å². The molecule has 6 rings (SSSR count). The van der Waals surface area contributed by atoms with Gasteiger partial charge in [-0.25, -0.2) is 0 Å². The first-order chi connectivity index (χ1) is 13.7. The van der Waals surface area contributed by atoms with E-state index in [1.165, 1.54) is 27.8 Å². The summed E-state index contributed by atoms with van der Waals surface area (Å²) in [5.74, 6) is 0. The van der Waals surface area contributed by atoms with Crippen molar-refractivity contribution in [2.45, 2.75) is 5.41 Å². The summed E-state index contributed by atoms with van der Waals surface area (Å²) in [6, 6.07) is 27.8. The molecular weight excluding hydrogens is 342 g/mol. The monoisotopic (exact) mass is 361 g/mol. The van der Waals surface area contributed by atoms with E-state index < -0.39 is 5.41 Å². The second-order valence-electron chi connectivity index (χ2n) is 7.60. The highest BCUT2D eigenvalue weighted by Crippen LogP contribution is 2.64. The summed E-state index contributed by atoms with van der Waals surface area (Å²) in [5, 5.41) is 0. The number of hydrogen-bond donors (Lipinski definition) is 3.